The lowest BCUT2D eigenvalue weighted by molar-refractivity contribution is 0.156. The van der Waals surface area contributed by atoms with Crippen LogP contribution in [0.5, 0.6) is 5.75 Å². The summed E-state index contributed by atoms with van der Waals surface area (Å²) >= 11 is 0. The summed E-state index contributed by atoms with van der Waals surface area (Å²) < 4.78 is 7.40. The van der Waals surface area contributed by atoms with Gasteiger partial charge in [-0.1, -0.05) is 0 Å². The molecule has 0 bridgehead atoms. The fourth-order valence-corrected chi connectivity index (χ4v) is 2.29. The van der Waals surface area contributed by atoms with Crippen LogP contribution in [0.15, 0.2) is 47.7 Å². The van der Waals surface area contributed by atoms with Crippen LogP contribution in [0.25, 0.3) is 5.70 Å². The first kappa shape index (κ1) is 12.5. The summed E-state index contributed by atoms with van der Waals surface area (Å²) in [6, 6.07) is 5.17. The molecule has 20 heavy (non-hydrogen) atoms. The van der Waals surface area contributed by atoms with Crippen molar-refractivity contribution in [3.8, 4) is 5.75 Å². The monoisotopic (exact) mass is 269 g/mol. The van der Waals surface area contributed by atoms with Crippen molar-refractivity contribution in [2.24, 2.45) is 0 Å². The Morgan fingerprint density at radius 3 is 2.95 bits per heavy atom. The molecular weight excluding hydrogens is 254 g/mol. The SMILES string of the molecule is CC1(C)C=C(n2cccc(N)c2=O)c2ccncc2O1. The van der Waals surface area contributed by atoms with Crippen molar-refractivity contribution in [2.75, 3.05) is 5.73 Å². The van der Waals surface area contributed by atoms with Crippen molar-refractivity contribution < 1.29 is 4.74 Å². The lowest BCUT2D eigenvalue weighted by Gasteiger charge is -2.31. The quantitative estimate of drug-likeness (QED) is 0.858. The van der Waals surface area contributed by atoms with E-state index in [1.54, 1.807) is 35.3 Å². The zero-order valence-corrected chi connectivity index (χ0v) is 11.3. The highest BCUT2D eigenvalue weighted by molar-refractivity contribution is 5.73. The second-order valence-electron chi connectivity index (χ2n) is 5.25. The minimum absolute atomic E-state index is 0.216. The van der Waals surface area contributed by atoms with Crippen LogP contribution in [0.1, 0.15) is 19.4 Å². The third kappa shape index (κ3) is 1.97. The largest absolute Gasteiger partial charge is 0.481 e. The Labute approximate surface area is 116 Å². The normalized spacial score (nSPS) is 16.0. The minimum atomic E-state index is -0.518. The van der Waals surface area contributed by atoms with Crippen LogP contribution < -0.4 is 16.0 Å². The molecule has 0 aliphatic carbocycles. The summed E-state index contributed by atoms with van der Waals surface area (Å²) in [6.45, 7) is 3.86. The highest BCUT2D eigenvalue weighted by Gasteiger charge is 2.27. The first-order valence-corrected chi connectivity index (χ1v) is 6.32. The van der Waals surface area contributed by atoms with E-state index in [0.717, 1.165) is 11.3 Å². The smallest absolute Gasteiger partial charge is 0.278 e. The molecule has 0 amide bonds. The molecule has 5 nitrogen and oxygen atoms in total. The summed E-state index contributed by atoms with van der Waals surface area (Å²) in [5, 5.41) is 0. The van der Waals surface area contributed by atoms with Crippen molar-refractivity contribution in [1.29, 1.82) is 0 Å². The molecule has 3 heterocycles. The Hall–Kier alpha value is -2.56. The van der Waals surface area contributed by atoms with Gasteiger partial charge >= 0.3 is 0 Å². The number of nitrogen functional groups attached to an aromatic ring is 1. The number of nitrogens with two attached hydrogens (primary N) is 1. The molecule has 3 rings (SSSR count). The highest BCUT2D eigenvalue weighted by atomic mass is 16.5. The van der Waals surface area contributed by atoms with E-state index in [9.17, 15) is 4.79 Å². The second kappa shape index (κ2) is 4.23. The van der Waals surface area contributed by atoms with E-state index in [2.05, 4.69) is 4.98 Å². The highest BCUT2D eigenvalue weighted by Crippen LogP contribution is 2.35. The molecule has 0 fully saturated rings. The molecule has 102 valence electrons. The second-order valence-corrected chi connectivity index (χ2v) is 5.25. The topological polar surface area (TPSA) is 70.1 Å². The average molecular weight is 269 g/mol. The van der Waals surface area contributed by atoms with E-state index in [1.165, 1.54) is 0 Å². The molecule has 0 aromatic carbocycles. The number of pyridine rings is 2. The average Bonchev–Trinajstić information content (AvgIpc) is 2.40. The molecular formula is C15H15N3O2. The molecule has 0 saturated carbocycles. The summed E-state index contributed by atoms with van der Waals surface area (Å²) in [7, 11) is 0. The Morgan fingerprint density at radius 2 is 2.15 bits per heavy atom. The van der Waals surface area contributed by atoms with Crippen LogP contribution >= 0.6 is 0 Å². The summed E-state index contributed by atoms with van der Waals surface area (Å²) in [6.07, 6.45) is 6.94. The van der Waals surface area contributed by atoms with Gasteiger partial charge in [-0.2, -0.15) is 0 Å². The van der Waals surface area contributed by atoms with Gasteiger partial charge in [-0.05, 0) is 38.1 Å². The van der Waals surface area contributed by atoms with E-state index in [4.69, 9.17) is 10.5 Å². The van der Waals surface area contributed by atoms with Gasteiger partial charge in [0.2, 0.25) is 0 Å². The van der Waals surface area contributed by atoms with Gasteiger partial charge < -0.3 is 10.5 Å². The molecule has 2 aromatic rings. The van der Waals surface area contributed by atoms with Crippen molar-refractivity contribution in [3.05, 3.63) is 58.8 Å². The third-order valence-electron chi connectivity index (χ3n) is 3.15. The van der Waals surface area contributed by atoms with E-state index < -0.39 is 5.60 Å². The number of hydrogen-bond acceptors (Lipinski definition) is 4. The first-order chi connectivity index (χ1) is 9.48. The number of anilines is 1. The number of ether oxygens (including phenoxy) is 1. The van der Waals surface area contributed by atoms with E-state index >= 15 is 0 Å². The van der Waals surface area contributed by atoms with Gasteiger partial charge in [0, 0.05) is 18.0 Å². The van der Waals surface area contributed by atoms with Crippen LogP contribution in [-0.2, 0) is 0 Å². The lowest BCUT2D eigenvalue weighted by atomic mass is 10.00. The van der Waals surface area contributed by atoms with Crippen molar-refractivity contribution in [1.82, 2.24) is 9.55 Å². The van der Waals surface area contributed by atoms with Gasteiger partial charge in [-0.25, -0.2) is 0 Å². The summed E-state index contributed by atoms with van der Waals surface area (Å²) in [4.78, 5) is 16.3. The maximum Gasteiger partial charge on any atom is 0.278 e. The zero-order chi connectivity index (χ0) is 14.3. The molecule has 2 N–H and O–H groups in total. The fourth-order valence-electron chi connectivity index (χ4n) is 2.29. The molecule has 1 aliphatic rings. The maximum atomic E-state index is 12.2. The van der Waals surface area contributed by atoms with E-state index in [-0.39, 0.29) is 11.2 Å². The van der Waals surface area contributed by atoms with Gasteiger partial charge in [-0.15, -0.1) is 0 Å². The molecule has 1 aliphatic heterocycles. The Balaban J connectivity index is 2.28. The van der Waals surface area contributed by atoms with Gasteiger partial charge in [-0.3, -0.25) is 14.3 Å². The standard InChI is InChI=1S/C15H15N3O2/c1-15(2)8-12(10-5-6-17-9-13(10)20-15)18-7-3-4-11(16)14(18)19/h3-9H,16H2,1-2H3. The first-order valence-electron chi connectivity index (χ1n) is 6.32. The minimum Gasteiger partial charge on any atom is -0.481 e. The van der Waals surface area contributed by atoms with E-state index in [1.807, 2.05) is 26.0 Å². The number of nitrogens with zero attached hydrogens (tertiary/aromatic N) is 2. The zero-order valence-electron chi connectivity index (χ0n) is 11.3. The number of rotatable bonds is 1. The van der Waals surface area contributed by atoms with E-state index in [0.29, 0.717) is 5.75 Å². The molecule has 2 aromatic heterocycles. The lowest BCUT2D eigenvalue weighted by Crippen LogP contribution is -2.32. The Morgan fingerprint density at radius 1 is 1.35 bits per heavy atom. The summed E-state index contributed by atoms with van der Waals surface area (Å²) in [5.74, 6) is 0.657. The molecule has 0 unspecified atom stereocenters. The Kier molecular flexibility index (Phi) is 2.64. The van der Waals surface area contributed by atoms with Gasteiger partial charge in [0.1, 0.15) is 11.4 Å². The van der Waals surface area contributed by atoms with Crippen LogP contribution in [0, 0.1) is 0 Å². The van der Waals surface area contributed by atoms with Gasteiger partial charge in [0.25, 0.3) is 5.56 Å². The fraction of sp³-hybridized carbons (Fsp3) is 0.200. The Bertz CT molecular complexity index is 760. The molecule has 0 radical (unpaired) electrons. The number of hydrogen-bond donors (Lipinski definition) is 1. The molecule has 0 spiro atoms. The number of fused-ring (bicyclic) bond motifs is 1. The predicted molar refractivity (Wildman–Crippen MR) is 77.4 cm³/mol. The number of aromatic nitrogens is 2. The van der Waals surface area contributed by atoms with Crippen LogP contribution in [0.4, 0.5) is 5.69 Å². The molecule has 0 saturated heterocycles. The van der Waals surface area contributed by atoms with Gasteiger partial charge in [0.05, 0.1) is 17.6 Å². The third-order valence-corrected chi connectivity index (χ3v) is 3.15. The van der Waals surface area contributed by atoms with Crippen LogP contribution in [0.2, 0.25) is 0 Å². The molecule has 5 heteroatoms. The molecule has 0 atom stereocenters. The van der Waals surface area contributed by atoms with Crippen molar-refractivity contribution in [2.45, 2.75) is 19.4 Å². The van der Waals surface area contributed by atoms with Crippen LogP contribution in [0.3, 0.4) is 0 Å². The summed E-state index contributed by atoms with van der Waals surface area (Å²) in [5.41, 5.74) is 6.76. The van der Waals surface area contributed by atoms with Crippen molar-refractivity contribution >= 4 is 11.4 Å². The van der Waals surface area contributed by atoms with Crippen molar-refractivity contribution in [3.63, 3.8) is 0 Å². The maximum absolute atomic E-state index is 12.2. The van der Waals surface area contributed by atoms with Gasteiger partial charge in [0.15, 0.2) is 0 Å². The van der Waals surface area contributed by atoms with Crippen LogP contribution in [-0.4, -0.2) is 15.2 Å². The predicted octanol–water partition coefficient (Wildman–Crippen LogP) is 1.89.